The molecule has 4 nitrogen and oxygen atoms in total. The first kappa shape index (κ1) is 11.7. The number of aromatic nitrogens is 2. The van der Waals surface area contributed by atoms with Gasteiger partial charge in [0, 0.05) is 12.7 Å². The zero-order valence-corrected chi connectivity index (χ0v) is 9.69. The molecule has 0 spiro atoms. The molecule has 0 unspecified atom stereocenters. The summed E-state index contributed by atoms with van der Waals surface area (Å²) < 4.78 is 1.89. The van der Waals surface area contributed by atoms with Crippen LogP contribution in [0.5, 0.6) is 0 Å². The largest absolute Gasteiger partial charge is 0.267 e. The molecule has 0 saturated heterocycles. The van der Waals surface area contributed by atoms with E-state index in [1.54, 1.807) is 12.3 Å². The van der Waals surface area contributed by atoms with Crippen molar-refractivity contribution in [2.45, 2.75) is 39.8 Å². The Hall–Kier alpha value is -1.41. The van der Waals surface area contributed by atoms with Crippen LogP contribution in [0.4, 0.5) is 0 Å². The van der Waals surface area contributed by atoms with Crippen LogP contribution in [0.2, 0.25) is 0 Å². The molecule has 1 aromatic heterocycles. The average molecular weight is 207 g/mol. The van der Waals surface area contributed by atoms with Crippen molar-refractivity contribution in [1.82, 2.24) is 9.78 Å². The molecule has 0 aromatic carbocycles. The first-order valence-corrected chi connectivity index (χ1v) is 5.08. The summed E-state index contributed by atoms with van der Waals surface area (Å²) in [6.07, 6.45) is 3.35. The van der Waals surface area contributed by atoms with E-state index in [2.05, 4.69) is 23.9 Å². The number of isocyanates is 1. The van der Waals surface area contributed by atoms with Crippen molar-refractivity contribution in [3.63, 3.8) is 0 Å². The van der Waals surface area contributed by atoms with E-state index < -0.39 is 5.54 Å². The van der Waals surface area contributed by atoms with E-state index in [0.29, 0.717) is 5.92 Å². The maximum atomic E-state index is 10.3. The molecular weight excluding hydrogens is 190 g/mol. The lowest BCUT2D eigenvalue weighted by atomic mass is 10.0. The van der Waals surface area contributed by atoms with Gasteiger partial charge in [-0.05, 0) is 25.8 Å². The summed E-state index contributed by atoms with van der Waals surface area (Å²) in [5, 5.41) is 4.23. The standard InChI is InChI=1S/C11H17N3O/c1-9(2)7-14-10(5-6-13-14)11(3,4)12-8-15/h5-6,9H,7H2,1-4H3. The van der Waals surface area contributed by atoms with Crippen molar-refractivity contribution >= 4 is 6.08 Å². The second kappa shape index (κ2) is 4.41. The molecule has 0 aliphatic carbocycles. The monoisotopic (exact) mass is 207 g/mol. The maximum absolute atomic E-state index is 10.3. The van der Waals surface area contributed by atoms with Gasteiger partial charge in [-0.25, -0.2) is 4.79 Å². The average Bonchev–Trinajstić information content (AvgIpc) is 2.51. The van der Waals surface area contributed by atoms with Crippen LogP contribution in [0, 0.1) is 5.92 Å². The van der Waals surface area contributed by atoms with Gasteiger partial charge in [0.15, 0.2) is 0 Å². The maximum Gasteiger partial charge on any atom is 0.235 e. The molecule has 0 fully saturated rings. The number of nitrogens with zero attached hydrogens (tertiary/aromatic N) is 3. The van der Waals surface area contributed by atoms with Crippen LogP contribution in [0.1, 0.15) is 33.4 Å². The molecule has 0 N–H and O–H groups in total. The highest BCUT2D eigenvalue weighted by atomic mass is 16.1. The fourth-order valence-electron chi connectivity index (χ4n) is 1.52. The van der Waals surface area contributed by atoms with Gasteiger partial charge in [-0.15, -0.1) is 0 Å². The summed E-state index contributed by atoms with van der Waals surface area (Å²) in [7, 11) is 0. The fourth-order valence-corrected chi connectivity index (χ4v) is 1.52. The van der Waals surface area contributed by atoms with E-state index in [1.807, 2.05) is 24.6 Å². The quantitative estimate of drug-likeness (QED) is 0.560. The van der Waals surface area contributed by atoms with Gasteiger partial charge < -0.3 is 0 Å². The summed E-state index contributed by atoms with van der Waals surface area (Å²) in [6, 6.07) is 1.89. The van der Waals surface area contributed by atoms with Crippen molar-refractivity contribution < 1.29 is 4.79 Å². The Bertz CT molecular complexity index is 373. The molecule has 0 radical (unpaired) electrons. The molecular formula is C11H17N3O. The lowest BCUT2D eigenvalue weighted by Crippen LogP contribution is -2.21. The van der Waals surface area contributed by atoms with E-state index in [-0.39, 0.29) is 0 Å². The summed E-state index contributed by atoms with van der Waals surface area (Å²) in [6.45, 7) is 8.85. The molecule has 1 rings (SSSR count). The van der Waals surface area contributed by atoms with Crippen LogP contribution in [-0.2, 0) is 16.9 Å². The lowest BCUT2D eigenvalue weighted by molar-refractivity contribution is 0.418. The van der Waals surface area contributed by atoms with E-state index in [4.69, 9.17) is 0 Å². The van der Waals surface area contributed by atoms with Crippen molar-refractivity contribution in [3.8, 4) is 0 Å². The highest BCUT2D eigenvalue weighted by Gasteiger charge is 2.23. The Kier molecular flexibility index (Phi) is 3.43. The van der Waals surface area contributed by atoms with Crippen molar-refractivity contribution in [3.05, 3.63) is 18.0 Å². The molecule has 1 heterocycles. The number of carbonyl (C=O) groups excluding carboxylic acids is 1. The molecule has 4 heteroatoms. The topological polar surface area (TPSA) is 47.2 Å². The Balaban J connectivity index is 3.03. The first-order valence-electron chi connectivity index (χ1n) is 5.08. The van der Waals surface area contributed by atoms with Crippen LogP contribution < -0.4 is 0 Å². The normalized spacial score (nSPS) is 11.5. The van der Waals surface area contributed by atoms with Crippen molar-refractivity contribution in [1.29, 1.82) is 0 Å². The fraction of sp³-hybridized carbons (Fsp3) is 0.636. The van der Waals surface area contributed by atoms with Gasteiger partial charge in [0.1, 0.15) is 5.54 Å². The zero-order chi connectivity index (χ0) is 11.5. The number of hydrogen-bond donors (Lipinski definition) is 0. The van der Waals surface area contributed by atoms with Crippen LogP contribution >= 0.6 is 0 Å². The number of rotatable bonds is 4. The van der Waals surface area contributed by atoms with Crippen molar-refractivity contribution in [2.24, 2.45) is 10.9 Å². The van der Waals surface area contributed by atoms with Gasteiger partial charge in [-0.1, -0.05) is 13.8 Å². The Morgan fingerprint density at radius 2 is 2.27 bits per heavy atom. The van der Waals surface area contributed by atoms with Gasteiger partial charge in [0.2, 0.25) is 6.08 Å². The second-order valence-corrected chi connectivity index (χ2v) is 4.55. The summed E-state index contributed by atoms with van der Waals surface area (Å²) in [5.74, 6) is 0.514. The molecule has 82 valence electrons. The predicted octanol–water partition coefficient (Wildman–Crippen LogP) is 2.11. The van der Waals surface area contributed by atoms with Gasteiger partial charge in [-0.3, -0.25) is 4.68 Å². The molecule has 0 aliphatic heterocycles. The second-order valence-electron chi connectivity index (χ2n) is 4.55. The Labute approximate surface area is 90.0 Å². The first-order chi connectivity index (χ1) is 6.97. The summed E-state index contributed by atoms with van der Waals surface area (Å²) in [5.41, 5.74) is 0.396. The minimum atomic E-state index is -0.548. The van der Waals surface area contributed by atoms with Gasteiger partial charge in [0.05, 0.1) is 5.69 Å². The molecule has 0 amide bonds. The molecule has 15 heavy (non-hydrogen) atoms. The van der Waals surface area contributed by atoms with E-state index in [9.17, 15) is 4.79 Å². The summed E-state index contributed by atoms with van der Waals surface area (Å²) in [4.78, 5) is 14.1. The van der Waals surface area contributed by atoms with Gasteiger partial charge in [-0.2, -0.15) is 10.1 Å². The highest BCUT2D eigenvalue weighted by Crippen LogP contribution is 2.24. The van der Waals surface area contributed by atoms with Crippen LogP contribution in [0.3, 0.4) is 0 Å². The third-order valence-electron chi connectivity index (χ3n) is 2.21. The SMILES string of the molecule is CC(C)Cn1nccc1C(C)(C)N=C=O. The highest BCUT2D eigenvalue weighted by molar-refractivity contribution is 5.36. The zero-order valence-electron chi connectivity index (χ0n) is 9.69. The molecule has 0 saturated carbocycles. The Morgan fingerprint density at radius 3 is 2.80 bits per heavy atom. The molecule has 0 aliphatic rings. The van der Waals surface area contributed by atoms with Crippen LogP contribution in [-0.4, -0.2) is 15.9 Å². The number of aliphatic imine (C=N–C) groups is 1. The molecule has 0 bridgehead atoms. The molecule has 1 aromatic rings. The summed E-state index contributed by atoms with van der Waals surface area (Å²) >= 11 is 0. The van der Waals surface area contributed by atoms with E-state index >= 15 is 0 Å². The number of hydrogen-bond acceptors (Lipinski definition) is 3. The minimum Gasteiger partial charge on any atom is -0.267 e. The smallest absolute Gasteiger partial charge is 0.235 e. The van der Waals surface area contributed by atoms with E-state index in [1.165, 1.54) is 0 Å². The third-order valence-corrected chi connectivity index (χ3v) is 2.21. The predicted molar refractivity (Wildman–Crippen MR) is 58.2 cm³/mol. The lowest BCUT2D eigenvalue weighted by Gasteiger charge is -2.20. The third kappa shape index (κ3) is 2.77. The van der Waals surface area contributed by atoms with Gasteiger partial charge >= 0.3 is 0 Å². The van der Waals surface area contributed by atoms with E-state index in [0.717, 1.165) is 12.2 Å². The van der Waals surface area contributed by atoms with Gasteiger partial charge in [0.25, 0.3) is 0 Å². The van der Waals surface area contributed by atoms with Crippen molar-refractivity contribution in [2.75, 3.05) is 0 Å². The Morgan fingerprint density at radius 1 is 1.60 bits per heavy atom. The minimum absolute atomic E-state index is 0.514. The van der Waals surface area contributed by atoms with Crippen LogP contribution in [0.25, 0.3) is 0 Å². The molecule has 0 atom stereocenters. The van der Waals surface area contributed by atoms with Crippen LogP contribution in [0.15, 0.2) is 17.3 Å².